The molecule has 0 saturated carbocycles. The van der Waals surface area contributed by atoms with E-state index in [9.17, 15) is 4.39 Å². The molecule has 0 amide bonds. The minimum absolute atomic E-state index is 0.505. The van der Waals surface area contributed by atoms with Crippen LogP contribution in [0.25, 0.3) is 11.4 Å². The first-order chi connectivity index (χ1) is 7.15. The van der Waals surface area contributed by atoms with Crippen LogP contribution in [0.1, 0.15) is 11.3 Å². The third-order valence-corrected chi connectivity index (χ3v) is 1.96. The van der Waals surface area contributed by atoms with Gasteiger partial charge in [0.1, 0.15) is 0 Å². The largest absolute Gasteiger partial charge is 0.236 e. The maximum atomic E-state index is 13.0. The van der Waals surface area contributed by atoms with E-state index >= 15 is 0 Å². The average molecular weight is 203 g/mol. The van der Waals surface area contributed by atoms with Gasteiger partial charge in [0.2, 0.25) is 5.95 Å². The molecule has 0 aromatic carbocycles. The molecule has 0 aliphatic carbocycles. The van der Waals surface area contributed by atoms with Crippen molar-refractivity contribution in [2.24, 2.45) is 0 Å². The predicted molar refractivity (Wildman–Crippen MR) is 54.7 cm³/mol. The zero-order valence-corrected chi connectivity index (χ0v) is 8.53. The van der Waals surface area contributed by atoms with Crippen LogP contribution in [0, 0.1) is 19.8 Å². The monoisotopic (exact) mass is 203 g/mol. The molecule has 0 spiro atoms. The molecule has 0 aliphatic rings. The van der Waals surface area contributed by atoms with Crippen LogP contribution in [0.5, 0.6) is 0 Å². The van der Waals surface area contributed by atoms with E-state index in [1.807, 2.05) is 6.92 Å². The molecule has 2 aromatic heterocycles. The molecule has 0 fully saturated rings. The molecule has 0 atom stereocenters. The van der Waals surface area contributed by atoms with Crippen LogP contribution in [0.15, 0.2) is 24.5 Å². The lowest BCUT2D eigenvalue weighted by Gasteiger charge is -2.01. The summed E-state index contributed by atoms with van der Waals surface area (Å²) in [5.41, 5.74) is 2.25. The van der Waals surface area contributed by atoms with Gasteiger partial charge in [-0.05, 0) is 25.5 Å². The molecule has 0 unspecified atom stereocenters. The Hall–Kier alpha value is -1.84. The normalized spacial score (nSPS) is 10.3. The molecular formula is C11H10FN3. The first kappa shape index (κ1) is 9.71. The van der Waals surface area contributed by atoms with E-state index in [-0.39, 0.29) is 0 Å². The number of hydrogen-bond acceptors (Lipinski definition) is 3. The van der Waals surface area contributed by atoms with Gasteiger partial charge in [0.25, 0.3) is 0 Å². The molecule has 0 aliphatic heterocycles. The standard InChI is InChI=1S/C11H10FN3/c1-7-5-13-11(14-6-7)9-3-8(2)15-10(12)4-9/h3-6H,1-2H3. The molecule has 2 aromatic rings. The van der Waals surface area contributed by atoms with Crippen LogP contribution < -0.4 is 0 Å². The Kier molecular flexibility index (Phi) is 2.41. The molecule has 0 radical (unpaired) electrons. The highest BCUT2D eigenvalue weighted by molar-refractivity contribution is 5.54. The molecular weight excluding hydrogens is 193 g/mol. The second-order valence-corrected chi connectivity index (χ2v) is 3.40. The molecule has 0 bridgehead atoms. The Bertz CT molecular complexity index is 459. The van der Waals surface area contributed by atoms with Crippen molar-refractivity contribution in [1.82, 2.24) is 15.0 Å². The number of rotatable bonds is 1. The number of nitrogens with zero attached hydrogens (tertiary/aromatic N) is 3. The van der Waals surface area contributed by atoms with E-state index in [2.05, 4.69) is 15.0 Å². The van der Waals surface area contributed by atoms with Crippen molar-refractivity contribution in [3.63, 3.8) is 0 Å². The maximum Gasteiger partial charge on any atom is 0.213 e. The second kappa shape index (κ2) is 3.73. The van der Waals surface area contributed by atoms with Crippen molar-refractivity contribution in [2.45, 2.75) is 13.8 Å². The highest BCUT2D eigenvalue weighted by atomic mass is 19.1. The van der Waals surface area contributed by atoms with Crippen molar-refractivity contribution in [3.8, 4) is 11.4 Å². The predicted octanol–water partition coefficient (Wildman–Crippen LogP) is 2.29. The smallest absolute Gasteiger partial charge is 0.213 e. The molecule has 2 rings (SSSR count). The molecule has 76 valence electrons. The van der Waals surface area contributed by atoms with E-state index in [1.54, 1.807) is 25.4 Å². The summed E-state index contributed by atoms with van der Waals surface area (Å²) in [6, 6.07) is 3.09. The first-order valence-corrected chi connectivity index (χ1v) is 4.58. The van der Waals surface area contributed by atoms with E-state index in [4.69, 9.17) is 0 Å². The number of aromatic nitrogens is 3. The highest BCUT2D eigenvalue weighted by Crippen LogP contribution is 2.15. The van der Waals surface area contributed by atoms with Crippen molar-refractivity contribution in [2.75, 3.05) is 0 Å². The van der Waals surface area contributed by atoms with Gasteiger partial charge in [0.05, 0.1) is 0 Å². The number of hydrogen-bond donors (Lipinski definition) is 0. The third kappa shape index (κ3) is 2.15. The summed E-state index contributed by atoms with van der Waals surface area (Å²) in [4.78, 5) is 11.9. The maximum absolute atomic E-state index is 13.0. The lowest BCUT2D eigenvalue weighted by Crippen LogP contribution is -1.93. The SMILES string of the molecule is Cc1cnc(-c2cc(C)nc(F)c2)nc1. The fourth-order valence-corrected chi connectivity index (χ4v) is 1.30. The molecule has 15 heavy (non-hydrogen) atoms. The first-order valence-electron chi connectivity index (χ1n) is 4.58. The Morgan fingerprint density at radius 1 is 1.07 bits per heavy atom. The molecule has 0 N–H and O–H groups in total. The van der Waals surface area contributed by atoms with Crippen molar-refractivity contribution < 1.29 is 4.39 Å². The fourth-order valence-electron chi connectivity index (χ4n) is 1.30. The lowest BCUT2D eigenvalue weighted by atomic mass is 10.2. The summed E-state index contributed by atoms with van der Waals surface area (Å²) in [7, 11) is 0. The molecule has 0 saturated heterocycles. The van der Waals surface area contributed by atoms with Crippen molar-refractivity contribution >= 4 is 0 Å². The van der Waals surface area contributed by atoms with Crippen LogP contribution in [0.3, 0.4) is 0 Å². The summed E-state index contributed by atoms with van der Waals surface area (Å²) >= 11 is 0. The Morgan fingerprint density at radius 2 is 1.73 bits per heavy atom. The van der Waals surface area contributed by atoms with E-state index in [1.165, 1.54) is 6.07 Å². The van der Waals surface area contributed by atoms with Crippen LogP contribution >= 0.6 is 0 Å². The number of aryl methyl sites for hydroxylation is 2. The van der Waals surface area contributed by atoms with Gasteiger partial charge in [-0.1, -0.05) is 0 Å². The highest BCUT2D eigenvalue weighted by Gasteiger charge is 2.04. The topological polar surface area (TPSA) is 38.7 Å². The van der Waals surface area contributed by atoms with E-state index in [0.29, 0.717) is 17.1 Å². The van der Waals surface area contributed by atoms with Gasteiger partial charge in [-0.15, -0.1) is 0 Å². The fraction of sp³-hybridized carbons (Fsp3) is 0.182. The van der Waals surface area contributed by atoms with Crippen LogP contribution in [0.2, 0.25) is 0 Å². The minimum Gasteiger partial charge on any atom is -0.236 e. The molecule has 4 heteroatoms. The van der Waals surface area contributed by atoms with Gasteiger partial charge in [0.15, 0.2) is 5.82 Å². The Balaban J connectivity index is 2.49. The summed E-state index contributed by atoms with van der Waals surface area (Å²) in [6.45, 7) is 3.64. The van der Waals surface area contributed by atoms with Gasteiger partial charge in [-0.2, -0.15) is 4.39 Å². The van der Waals surface area contributed by atoms with E-state index in [0.717, 1.165) is 5.56 Å². The van der Waals surface area contributed by atoms with Gasteiger partial charge >= 0.3 is 0 Å². The van der Waals surface area contributed by atoms with Gasteiger partial charge in [-0.25, -0.2) is 15.0 Å². The summed E-state index contributed by atoms with van der Waals surface area (Å²) in [6.07, 6.45) is 3.41. The third-order valence-electron chi connectivity index (χ3n) is 1.96. The van der Waals surface area contributed by atoms with Crippen LogP contribution in [-0.4, -0.2) is 15.0 Å². The van der Waals surface area contributed by atoms with Crippen LogP contribution in [0.4, 0.5) is 4.39 Å². The average Bonchev–Trinajstić information content (AvgIpc) is 2.17. The number of halogens is 1. The van der Waals surface area contributed by atoms with Gasteiger partial charge < -0.3 is 0 Å². The van der Waals surface area contributed by atoms with Gasteiger partial charge in [-0.3, -0.25) is 0 Å². The van der Waals surface area contributed by atoms with Crippen LogP contribution in [-0.2, 0) is 0 Å². The minimum atomic E-state index is -0.505. The molecule has 3 nitrogen and oxygen atoms in total. The van der Waals surface area contributed by atoms with E-state index < -0.39 is 5.95 Å². The zero-order valence-electron chi connectivity index (χ0n) is 8.53. The van der Waals surface area contributed by atoms with Crippen molar-refractivity contribution in [3.05, 3.63) is 41.7 Å². The Morgan fingerprint density at radius 3 is 2.33 bits per heavy atom. The summed E-state index contributed by atoms with van der Waals surface area (Å²) < 4.78 is 13.0. The second-order valence-electron chi connectivity index (χ2n) is 3.40. The lowest BCUT2D eigenvalue weighted by molar-refractivity contribution is 0.580. The number of pyridine rings is 1. The Labute approximate surface area is 87.0 Å². The van der Waals surface area contributed by atoms with Gasteiger partial charge in [0, 0.05) is 29.7 Å². The quantitative estimate of drug-likeness (QED) is 0.667. The zero-order chi connectivity index (χ0) is 10.8. The molecule has 2 heterocycles. The summed E-state index contributed by atoms with van der Waals surface area (Å²) in [5, 5.41) is 0. The van der Waals surface area contributed by atoms with Crippen molar-refractivity contribution in [1.29, 1.82) is 0 Å². The summed E-state index contributed by atoms with van der Waals surface area (Å²) in [5.74, 6) is 0.0131.